The minimum atomic E-state index is -0.0426. The molecule has 7 nitrogen and oxygen atoms in total. The average Bonchev–Trinajstić information content (AvgIpc) is 3.21. The van der Waals surface area contributed by atoms with Crippen molar-refractivity contribution in [3.05, 3.63) is 34.9 Å². The van der Waals surface area contributed by atoms with Crippen molar-refractivity contribution < 1.29 is 9.59 Å². The van der Waals surface area contributed by atoms with Gasteiger partial charge in [0.2, 0.25) is 5.91 Å². The molecule has 0 N–H and O–H groups in total. The van der Waals surface area contributed by atoms with Crippen molar-refractivity contribution in [1.29, 1.82) is 0 Å². The first-order valence-corrected chi connectivity index (χ1v) is 9.99. The minimum Gasteiger partial charge on any atom is -0.337 e. The second kappa shape index (κ2) is 7.56. The molecule has 2 aromatic rings. The molecule has 1 fully saturated rings. The van der Waals surface area contributed by atoms with E-state index in [0.717, 1.165) is 29.1 Å². The minimum absolute atomic E-state index is 0.0376. The maximum absolute atomic E-state index is 12.7. The van der Waals surface area contributed by atoms with E-state index in [9.17, 15) is 9.59 Å². The second-order valence-electron chi connectivity index (χ2n) is 6.84. The standard InChI is InChI=1S/C19H21N5O2S/c1-23-17(25)3-2-15(22-23)19(26)24-10-6-14(7-11-24)18-21-16(12-27-18)13-4-8-20-9-5-13/h4-5,8-9,12,14H,2-3,6-7,10-11H2,1H3. The van der Waals surface area contributed by atoms with Crippen LogP contribution in [0.2, 0.25) is 0 Å². The Kier molecular flexibility index (Phi) is 4.98. The van der Waals surface area contributed by atoms with Crippen LogP contribution in [0.5, 0.6) is 0 Å². The van der Waals surface area contributed by atoms with E-state index in [-0.39, 0.29) is 11.8 Å². The number of likely N-dealkylation sites (tertiary alicyclic amines) is 1. The zero-order valence-electron chi connectivity index (χ0n) is 15.2. The van der Waals surface area contributed by atoms with Crippen molar-refractivity contribution in [1.82, 2.24) is 19.9 Å². The summed E-state index contributed by atoms with van der Waals surface area (Å²) in [6, 6.07) is 3.93. The predicted octanol–water partition coefficient (Wildman–Crippen LogP) is 2.52. The highest BCUT2D eigenvalue weighted by Gasteiger charge is 2.30. The molecule has 4 heterocycles. The van der Waals surface area contributed by atoms with Crippen molar-refractivity contribution in [2.45, 2.75) is 31.6 Å². The van der Waals surface area contributed by atoms with Gasteiger partial charge in [-0.2, -0.15) is 5.10 Å². The van der Waals surface area contributed by atoms with E-state index in [2.05, 4.69) is 15.5 Å². The van der Waals surface area contributed by atoms with Crippen LogP contribution in [-0.2, 0) is 9.59 Å². The number of hydrazone groups is 1. The lowest BCUT2D eigenvalue weighted by atomic mass is 9.97. The molecule has 2 aromatic heterocycles. The van der Waals surface area contributed by atoms with E-state index in [0.29, 0.717) is 37.6 Å². The van der Waals surface area contributed by atoms with E-state index in [1.165, 1.54) is 5.01 Å². The van der Waals surface area contributed by atoms with Gasteiger partial charge < -0.3 is 4.90 Å². The number of carbonyl (C=O) groups is 2. The monoisotopic (exact) mass is 383 g/mol. The number of thiazole rings is 1. The van der Waals surface area contributed by atoms with Crippen molar-refractivity contribution in [3.8, 4) is 11.3 Å². The van der Waals surface area contributed by atoms with E-state index >= 15 is 0 Å². The molecule has 1 saturated heterocycles. The van der Waals surface area contributed by atoms with Crippen LogP contribution in [0.3, 0.4) is 0 Å². The van der Waals surface area contributed by atoms with Crippen molar-refractivity contribution in [2.75, 3.05) is 20.1 Å². The van der Waals surface area contributed by atoms with Gasteiger partial charge in [0.15, 0.2) is 0 Å². The summed E-state index contributed by atoms with van der Waals surface area (Å²) >= 11 is 1.69. The fourth-order valence-corrected chi connectivity index (χ4v) is 4.47. The fourth-order valence-electron chi connectivity index (χ4n) is 3.47. The molecule has 0 spiro atoms. The quantitative estimate of drug-likeness (QED) is 0.816. The molecule has 0 atom stereocenters. The van der Waals surface area contributed by atoms with Crippen LogP contribution in [-0.4, -0.2) is 57.5 Å². The smallest absolute Gasteiger partial charge is 0.270 e. The number of amides is 2. The number of nitrogens with zero attached hydrogens (tertiary/aromatic N) is 5. The number of piperidine rings is 1. The number of hydrogen-bond donors (Lipinski definition) is 0. The summed E-state index contributed by atoms with van der Waals surface area (Å²) in [5, 5.41) is 8.65. The molecule has 4 rings (SSSR count). The van der Waals surface area contributed by atoms with E-state index < -0.39 is 0 Å². The molecular weight excluding hydrogens is 362 g/mol. The SMILES string of the molecule is CN1N=C(C(=O)N2CCC(c3nc(-c4ccncc4)cs3)CC2)CCC1=O. The first kappa shape index (κ1) is 17.8. The summed E-state index contributed by atoms with van der Waals surface area (Å²) < 4.78 is 0. The van der Waals surface area contributed by atoms with Crippen LogP contribution in [0, 0.1) is 0 Å². The normalized spacial score (nSPS) is 18.6. The van der Waals surface area contributed by atoms with E-state index in [4.69, 9.17) is 4.98 Å². The van der Waals surface area contributed by atoms with Gasteiger partial charge >= 0.3 is 0 Å². The highest BCUT2D eigenvalue weighted by atomic mass is 32.1. The maximum Gasteiger partial charge on any atom is 0.270 e. The topological polar surface area (TPSA) is 78.8 Å². The lowest BCUT2D eigenvalue weighted by molar-refractivity contribution is -0.130. The molecule has 0 bridgehead atoms. The van der Waals surface area contributed by atoms with Crippen LogP contribution >= 0.6 is 11.3 Å². The molecule has 2 aliphatic rings. The summed E-state index contributed by atoms with van der Waals surface area (Å²) in [5.74, 6) is 0.302. The zero-order chi connectivity index (χ0) is 18.8. The van der Waals surface area contributed by atoms with Gasteiger partial charge in [-0.25, -0.2) is 9.99 Å². The summed E-state index contributed by atoms with van der Waals surface area (Å²) in [6.07, 6.45) is 6.14. The predicted molar refractivity (Wildman–Crippen MR) is 103 cm³/mol. The van der Waals surface area contributed by atoms with Gasteiger partial charge in [-0.3, -0.25) is 14.6 Å². The highest BCUT2D eigenvalue weighted by Crippen LogP contribution is 2.33. The molecule has 2 aliphatic heterocycles. The molecule has 0 radical (unpaired) electrons. The van der Waals surface area contributed by atoms with Crippen molar-refractivity contribution in [3.63, 3.8) is 0 Å². The molecule has 8 heteroatoms. The van der Waals surface area contributed by atoms with E-state index in [1.54, 1.807) is 30.8 Å². The third kappa shape index (κ3) is 3.75. The van der Waals surface area contributed by atoms with Gasteiger partial charge in [0.25, 0.3) is 5.91 Å². The van der Waals surface area contributed by atoms with Crippen LogP contribution in [0.4, 0.5) is 0 Å². The average molecular weight is 383 g/mol. The second-order valence-corrected chi connectivity index (χ2v) is 7.73. The Bertz CT molecular complexity index is 871. The van der Waals surface area contributed by atoms with Gasteiger partial charge in [-0.05, 0) is 25.0 Å². The number of hydrogen-bond acceptors (Lipinski definition) is 6. The van der Waals surface area contributed by atoms with E-state index in [1.807, 2.05) is 17.0 Å². The van der Waals surface area contributed by atoms with Crippen LogP contribution in [0.15, 0.2) is 35.0 Å². The van der Waals surface area contributed by atoms with Gasteiger partial charge in [-0.15, -0.1) is 11.3 Å². The highest BCUT2D eigenvalue weighted by molar-refractivity contribution is 7.10. The number of rotatable bonds is 3. The molecule has 140 valence electrons. The Morgan fingerprint density at radius 2 is 1.93 bits per heavy atom. The molecular formula is C19H21N5O2S. The van der Waals surface area contributed by atoms with Gasteiger partial charge in [0.05, 0.1) is 10.7 Å². The Balaban J connectivity index is 1.38. The van der Waals surface area contributed by atoms with Gasteiger partial charge in [0.1, 0.15) is 5.71 Å². The molecule has 27 heavy (non-hydrogen) atoms. The first-order chi connectivity index (χ1) is 13.1. The summed E-state index contributed by atoms with van der Waals surface area (Å²) in [4.78, 5) is 34.9. The maximum atomic E-state index is 12.7. The molecule has 0 aliphatic carbocycles. The molecule has 0 aromatic carbocycles. The van der Waals surface area contributed by atoms with Gasteiger partial charge in [0, 0.05) is 62.2 Å². The Labute approximate surface area is 161 Å². The van der Waals surface area contributed by atoms with Crippen molar-refractivity contribution >= 4 is 28.9 Å². The Hall–Kier alpha value is -2.61. The first-order valence-electron chi connectivity index (χ1n) is 9.11. The molecule has 0 unspecified atom stereocenters. The Morgan fingerprint density at radius 1 is 1.19 bits per heavy atom. The lowest BCUT2D eigenvalue weighted by Gasteiger charge is -2.32. The third-order valence-corrected chi connectivity index (χ3v) is 6.09. The zero-order valence-corrected chi connectivity index (χ0v) is 16.0. The summed E-state index contributed by atoms with van der Waals surface area (Å²) in [7, 11) is 1.60. The third-order valence-electron chi connectivity index (χ3n) is 5.08. The Morgan fingerprint density at radius 3 is 2.63 bits per heavy atom. The van der Waals surface area contributed by atoms with Gasteiger partial charge in [-0.1, -0.05) is 0 Å². The number of carbonyl (C=O) groups excluding carboxylic acids is 2. The fraction of sp³-hybridized carbons (Fsp3) is 0.421. The molecule has 2 amide bonds. The van der Waals surface area contributed by atoms with Crippen LogP contribution in [0.1, 0.15) is 36.6 Å². The van der Waals surface area contributed by atoms with Crippen molar-refractivity contribution in [2.24, 2.45) is 5.10 Å². The lowest BCUT2D eigenvalue weighted by Crippen LogP contribution is -2.44. The number of pyridine rings is 1. The number of aromatic nitrogens is 2. The summed E-state index contributed by atoms with van der Waals surface area (Å²) in [6.45, 7) is 1.40. The largest absolute Gasteiger partial charge is 0.337 e. The van der Waals surface area contributed by atoms with Crippen LogP contribution < -0.4 is 0 Å². The van der Waals surface area contributed by atoms with Crippen LogP contribution in [0.25, 0.3) is 11.3 Å². The summed E-state index contributed by atoms with van der Waals surface area (Å²) in [5.41, 5.74) is 2.55. The molecule has 0 saturated carbocycles.